The summed E-state index contributed by atoms with van der Waals surface area (Å²) in [6, 6.07) is 4.44. The Morgan fingerprint density at radius 3 is 3.06 bits per heavy atom. The van der Waals surface area contributed by atoms with Crippen LogP contribution in [0.4, 0.5) is 5.13 Å². The number of hydrogen-bond donors (Lipinski definition) is 2. The fraction of sp³-hybridized carbons (Fsp3) is 0.333. The van der Waals surface area contributed by atoms with Gasteiger partial charge in [-0.15, -0.1) is 22.7 Å². The van der Waals surface area contributed by atoms with Crippen LogP contribution in [0.25, 0.3) is 0 Å². The van der Waals surface area contributed by atoms with Crippen LogP contribution in [0.5, 0.6) is 0 Å². The molecule has 0 saturated carbocycles. The first-order valence-corrected chi connectivity index (χ1v) is 7.34. The van der Waals surface area contributed by atoms with Gasteiger partial charge < -0.3 is 10.4 Å². The van der Waals surface area contributed by atoms with Crippen molar-refractivity contribution in [3.8, 4) is 0 Å². The zero-order chi connectivity index (χ0) is 13.0. The highest BCUT2D eigenvalue weighted by Crippen LogP contribution is 2.19. The number of anilines is 1. The molecule has 0 amide bonds. The molecule has 18 heavy (non-hydrogen) atoms. The molecule has 0 aliphatic rings. The molecule has 0 aliphatic carbocycles. The van der Waals surface area contributed by atoms with Crippen LogP contribution in [-0.4, -0.2) is 22.1 Å². The number of carbonyl (C=O) groups is 1. The summed E-state index contributed by atoms with van der Waals surface area (Å²) in [6.45, 7) is 2.10. The zero-order valence-electron chi connectivity index (χ0n) is 9.92. The number of hydrogen-bond acceptors (Lipinski definition) is 5. The number of aromatic nitrogens is 1. The van der Waals surface area contributed by atoms with E-state index in [-0.39, 0.29) is 12.5 Å². The minimum absolute atomic E-state index is 0.0164. The summed E-state index contributed by atoms with van der Waals surface area (Å²) in [5, 5.41) is 16.6. The van der Waals surface area contributed by atoms with Gasteiger partial charge in [0.25, 0.3) is 0 Å². The van der Waals surface area contributed by atoms with Crippen LogP contribution in [0.15, 0.2) is 22.9 Å². The quantitative estimate of drug-likeness (QED) is 0.855. The molecule has 2 aromatic rings. The molecule has 1 unspecified atom stereocenters. The van der Waals surface area contributed by atoms with E-state index in [4.69, 9.17) is 5.11 Å². The van der Waals surface area contributed by atoms with Crippen LogP contribution < -0.4 is 5.32 Å². The van der Waals surface area contributed by atoms with Crippen LogP contribution in [0, 0.1) is 0 Å². The highest BCUT2D eigenvalue weighted by atomic mass is 32.1. The molecule has 1 atom stereocenters. The smallest absolute Gasteiger partial charge is 0.309 e. The van der Waals surface area contributed by atoms with Gasteiger partial charge in [-0.3, -0.25) is 4.79 Å². The lowest BCUT2D eigenvalue weighted by Crippen LogP contribution is -2.17. The number of nitrogens with zero attached hydrogens (tertiary/aromatic N) is 1. The van der Waals surface area contributed by atoms with Crippen molar-refractivity contribution in [3.05, 3.63) is 33.5 Å². The third kappa shape index (κ3) is 3.82. The van der Waals surface area contributed by atoms with Gasteiger partial charge in [0.05, 0.1) is 12.1 Å². The Labute approximate surface area is 113 Å². The molecule has 0 aromatic carbocycles. The first kappa shape index (κ1) is 13.0. The molecule has 0 spiro atoms. The highest BCUT2D eigenvalue weighted by Gasteiger charge is 2.09. The standard InChI is InChI=1S/C12H14N2O2S2/c1-8(5-10-3-2-4-17-10)13-12-14-9(7-18-12)6-11(15)16/h2-4,7-8H,5-6H2,1H3,(H,13,14)(H,15,16). The Kier molecular flexibility index (Phi) is 4.33. The van der Waals surface area contributed by atoms with Crippen molar-refractivity contribution in [2.24, 2.45) is 0 Å². The Balaban J connectivity index is 1.88. The molecular weight excluding hydrogens is 268 g/mol. The lowest BCUT2D eigenvalue weighted by molar-refractivity contribution is -0.136. The van der Waals surface area contributed by atoms with Gasteiger partial charge in [-0.1, -0.05) is 6.07 Å². The van der Waals surface area contributed by atoms with E-state index in [1.54, 1.807) is 16.7 Å². The largest absolute Gasteiger partial charge is 0.481 e. The summed E-state index contributed by atoms with van der Waals surface area (Å²) in [7, 11) is 0. The highest BCUT2D eigenvalue weighted by molar-refractivity contribution is 7.13. The molecule has 0 radical (unpaired) electrons. The summed E-state index contributed by atoms with van der Waals surface area (Å²) in [5.74, 6) is -0.849. The predicted octanol–water partition coefficient (Wildman–Crippen LogP) is 2.87. The fourth-order valence-electron chi connectivity index (χ4n) is 1.60. The van der Waals surface area contributed by atoms with E-state index in [2.05, 4.69) is 28.7 Å². The van der Waals surface area contributed by atoms with Gasteiger partial charge in [-0.05, 0) is 18.4 Å². The van der Waals surface area contributed by atoms with E-state index in [0.29, 0.717) is 5.69 Å². The second kappa shape index (κ2) is 5.97. The molecule has 2 N–H and O–H groups in total. The van der Waals surface area contributed by atoms with E-state index in [0.717, 1.165) is 11.6 Å². The Bertz CT molecular complexity index is 508. The Morgan fingerprint density at radius 2 is 2.39 bits per heavy atom. The monoisotopic (exact) mass is 282 g/mol. The predicted molar refractivity (Wildman–Crippen MR) is 74.6 cm³/mol. The van der Waals surface area contributed by atoms with Gasteiger partial charge in [0.2, 0.25) is 0 Å². The number of thiazole rings is 1. The molecule has 0 fully saturated rings. The van der Waals surface area contributed by atoms with Gasteiger partial charge >= 0.3 is 5.97 Å². The summed E-state index contributed by atoms with van der Waals surface area (Å²) < 4.78 is 0. The second-order valence-electron chi connectivity index (χ2n) is 4.04. The molecule has 0 aliphatic heterocycles. The average Bonchev–Trinajstić information content (AvgIpc) is 2.89. The minimum atomic E-state index is -0.849. The van der Waals surface area contributed by atoms with Crippen molar-refractivity contribution in [2.45, 2.75) is 25.8 Å². The molecule has 0 saturated heterocycles. The third-order valence-electron chi connectivity index (χ3n) is 2.34. The number of carboxylic acid groups (broad SMARTS) is 1. The van der Waals surface area contributed by atoms with Gasteiger partial charge in [-0.2, -0.15) is 0 Å². The van der Waals surface area contributed by atoms with Crippen LogP contribution in [0.3, 0.4) is 0 Å². The lowest BCUT2D eigenvalue weighted by Gasteiger charge is -2.11. The van der Waals surface area contributed by atoms with Gasteiger partial charge in [-0.25, -0.2) is 4.98 Å². The molecule has 2 heterocycles. The van der Waals surface area contributed by atoms with Crippen LogP contribution in [-0.2, 0) is 17.6 Å². The van der Waals surface area contributed by atoms with Crippen molar-refractivity contribution in [3.63, 3.8) is 0 Å². The summed E-state index contributed by atoms with van der Waals surface area (Å²) >= 11 is 3.19. The molecule has 2 rings (SSSR count). The average molecular weight is 282 g/mol. The van der Waals surface area contributed by atoms with E-state index in [1.807, 2.05) is 6.07 Å². The first-order valence-electron chi connectivity index (χ1n) is 5.58. The van der Waals surface area contributed by atoms with Crippen molar-refractivity contribution >= 4 is 33.8 Å². The topological polar surface area (TPSA) is 62.2 Å². The third-order valence-corrected chi connectivity index (χ3v) is 4.06. The number of carboxylic acids is 1. The normalized spacial score (nSPS) is 12.3. The maximum Gasteiger partial charge on any atom is 0.309 e. The van der Waals surface area contributed by atoms with E-state index in [9.17, 15) is 4.79 Å². The SMILES string of the molecule is CC(Cc1cccs1)Nc1nc(CC(=O)O)cs1. The Morgan fingerprint density at radius 1 is 1.56 bits per heavy atom. The molecule has 96 valence electrons. The molecular formula is C12H14N2O2S2. The fourth-order valence-corrected chi connectivity index (χ4v) is 3.26. The van der Waals surface area contributed by atoms with Crippen molar-refractivity contribution in [1.82, 2.24) is 4.98 Å². The molecule has 2 aromatic heterocycles. The molecule has 4 nitrogen and oxygen atoms in total. The van der Waals surface area contributed by atoms with Crippen molar-refractivity contribution < 1.29 is 9.90 Å². The van der Waals surface area contributed by atoms with Crippen LogP contribution in [0.1, 0.15) is 17.5 Å². The zero-order valence-corrected chi connectivity index (χ0v) is 11.6. The summed E-state index contributed by atoms with van der Waals surface area (Å²) in [5.41, 5.74) is 0.610. The number of nitrogens with one attached hydrogen (secondary N) is 1. The summed E-state index contributed by atoms with van der Waals surface area (Å²) in [6.07, 6.45) is 0.934. The van der Waals surface area contributed by atoms with Crippen molar-refractivity contribution in [2.75, 3.05) is 5.32 Å². The number of rotatable bonds is 6. The van der Waals surface area contributed by atoms with Crippen LogP contribution in [0.2, 0.25) is 0 Å². The molecule has 0 bridgehead atoms. The number of aliphatic carboxylic acids is 1. The Hall–Kier alpha value is -1.40. The van der Waals surface area contributed by atoms with Crippen molar-refractivity contribution in [1.29, 1.82) is 0 Å². The van der Waals surface area contributed by atoms with E-state index >= 15 is 0 Å². The second-order valence-corrected chi connectivity index (χ2v) is 5.93. The van der Waals surface area contributed by atoms with Gasteiger partial charge in [0.1, 0.15) is 0 Å². The summed E-state index contributed by atoms with van der Waals surface area (Å²) in [4.78, 5) is 16.1. The van der Waals surface area contributed by atoms with E-state index in [1.165, 1.54) is 16.2 Å². The maximum atomic E-state index is 10.6. The van der Waals surface area contributed by atoms with Crippen LogP contribution >= 0.6 is 22.7 Å². The van der Waals surface area contributed by atoms with E-state index < -0.39 is 5.97 Å². The van der Waals surface area contributed by atoms with Gasteiger partial charge in [0, 0.05) is 22.7 Å². The van der Waals surface area contributed by atoms with Gasteiger partial charge in [0.15, 0.2) is 5.13 Å². The maximum absolute atomic E-state index is 10.6. The lowest BCUT2D eigenvalue weighted by atomic mass is 10.2. The molecule has 6 heteroatoms. The first-order chi connectivity index (χ1) is 8.63. The minimum Gasteiger partial charge on any atom is -0.481 e. The number of thiophene rings is 1.